The van der Waals surface area contributed by atoms with Crippen molar-refractivity contribution in [3.8, 4) is 5.75 Å². The monoisotopic (exact) mass is 325 g/mol. The van der Waals surface area contributed by atoms with Gasteiger partial charge in [0.1, 0.15) is 5.75 Å². The second-order valence-electron chi connectivity index (χ2n) is 6.44. The molecule has 0 bridgehead atoms. The van der Waals surface area contributed by atoms with Crippen LogP contribution in [-0.2, 0) is 11.2 Å². The van der Waals surface area contributed by atoms with Crippen LogP contribution in [0.3, 0.4) is 0 Å². The van der Waals surface area contributed by atoms with E-state index in [-0.39, 0.29) is 5.91 Å². The average Bonchev–Trinajstić information content (AvgIpc) is 2.57. The SMILES string of the molecule is CCc1cccc(C)c1NC(=O)[C@@H](C)Oc1ccc(C(C)C)cc1. The van der Waals surface area contributed by atoms with Gasteiger partial charge in [0.05, 0.1) is 0 Å². The molecule has 0 aromatic heterocycles. The summed E-state index contributed by atoms with van der Waals surface area (Å²) >= 11 is 0. The van der Waals surface area contributed by atoms with Crippen LogP contribution in [0.25, 0.3) is 0 Å². The van der Waals surface area contributed by atoms with Gasteiger partial charge in [-0.2, -0.15) is 0 Å². The van der Waals surface area contributed by atoms with E-state index >= 15 is 0 Å². The molecule has 24 heavy (non-hydrogen) atoms. The van der Waals surface area contributed by atoms with Crippen LogP contribution < -0.4 is 10.1 Å². The molecular weight excluding hydrogens is 298 g/mol. The van der Waals surface area contributed by atoms with Crippen molar-refractivity contribution < 1.29 is 9.53 Å². The molecule has 1 amide bonds. The molecule has 0 saturated carbocycles. The highest BCUT2D eigenvalue weighted by Gasteiger charge is 2.17. The van der Waals surface area contributed by atoms with Crippen LogP contribution in [0.2, 0.25) is 0 Å². The molecule has 0 aliphatic rings. The van der Waals surface area contributed by atoms with E-state index in [9.17, 15) is 4.79 Å². The molecule has 1 atom stereocenters. The number of benzene rings is 2. The zero-order chi connectivity index (χ0) is 17.7. The first-order valence-corrected chi connectivity index (χ1v) is 8.58. The van der Waals surface area contributed by atoms with Crippen molar-refractivity contribution in [1.29, 1.82) is 0 Å². The zero-order valence-corrected chi connectivity index (χ0v) is 15.2. The van der Waals surface area contributed by atoms with Crippen molar-refractivity contribution in [3.63, 3.8) is 0 Å². The third-order valence-corrected chi connectivity index (χ3v) is 4.22. The standard InChI is InChI=1S/C21H27NO2/c1-6-17-9-7-8-15(4)20(17)22-21(23)16(5)24-19-12-10-18(11-13-19)14(2)3/h7-14,16H,6H2,1-5H3,(H,22,23)/t16-/m1/s1. The van der Waals surface area contributed by atoms with Crippen LogP contribution >= 0.6 is 0 Å². The summed E-state index contributed by atoms with van der Waals surface area (Å²) in [6, 6.07) is 14.0. The lowest BCUT2D eigenvalue weighted by Gasteiger charge is -2.18. The number of carbonyl (C=O) groups excluding carboxylic acids is 1. The average molecular weight is 325 g/mol. The van der Waals surface area contributed by atoms with Crippen molar-refractivity contribution in [2.24, 2.45) is 0 Å². The van der Waals surface area contributed by atoms with Gasteiger partial charge in [-0.3, -0.25) is 4.79 Å². The largest absolute Gasteiger partial charge is 0.481 e. The topological polar surface area (TPSA) is 38.3 Å². The summed E-state index contributed by atoms with van der Waals surface area (Å²) < 4.78 is 5.78. The Hall–Kier alpha value is -2.29. The molecular formula is C21H27NO2. The minimum atomic E-state index is -0.556. The highest BCUT2D eigenvalue weighted by molar-refractivity contribution is 5.95. The predicted molar refractivity (Wildman–Crippen MR) is 99.8 cm³/mol. The fourth-order valence-corrected chi connectivity index (χ4v) is 2.62. The predicted octanol–water partition coefficient (Wildman–Crippen LogP) is 5.09. The molecule has 0 heterocycles. The van der Waals surface area contributed by atoms with Crippen LogP contribution in [-0.4, -0.2) is 12.0 Å². The second-order valence-corrected chi connectivity index (χ2v) is 6.44. The number of rotatable bonds is 6. The van der Waals surface area contributed by atoms with Crippen molar-refractivity contribution in [3.05, 3.63) is 59.2 Å². The Morgan fingerprint density at radius 2 is 1.75 bits per heavy atom. The Morgan fingerprint density at radius 1 is 1.08 bits per heavy atom. The summed E-state index contributed by atoms with van der Waals surface area (Å²) in [6.07, 6.45) is 0.322. The maximum absolute atomic E-state index is 12.5. The van der Waals surface area contributed by atoms with Gasteiger partial charge in [0.15, 0.2) is 6.10 Å². The summed E-state index contributed by atoms with van der Waals surface area (Å²) in [4.78, 5) is 12.5. The van der Waals surface area contributed by atoms with Gasteiger partial charge in [-0.25, -0.2) is 0 Å². The van der Waals surface area contributed by atoms with Gasteiger partial charge >= 0.3 is 0 Å². The summed E-state index contributed by atoms with van der Waals surface area (Å²) in [5.74, 6) is 1.06. The number of para-hydroxylation sites is 1. The van der Waals surface area contributed by atoms with Gasteiger partial charge in [-0.1, -0.05) is 51.1 Å². The first-order valence-electron chi connectivity index (χ1n) is 8.58. The van der Waals surface area contributed by atoms with E-state index in [2.05, 4.69) is 26.1 Å². The van der Waals surface area contributed by atoms with Gasteiger partial charge < -0.3 is 10.1 Å². The van der Waals surface area contributed by atoms with Crippen molar-refractivity contribution in [2.45, 2.75) is 53.1 Å². The van der Waals surface area contributed by atoms with Crippen LogP contribution in [0, 0.1) is 6.92 Å². The molecule has 0 aliphatic heterocycles. The first-order chi connectivity index (χ1) is 11.4. The molecule has 2 aromatic carbocycles. The van der Waals surface area contributed by atoms with Crippen LogP contribution in [0.5, 0.6) is 5.75 Å². The molecule has 0 aliphatic carbocycles. The maximum atomic E-state index is 12.5. The maximum Gasteiger partial charge on any atom is 0.265 e. The van der Waals surface area contributed by atoms with Gasteiger partial charge in [0.2, 0.25) is 0 Å². The third-order valence-electron chi connectivity index (χ3n) is 4.22. The highest BCUT2D eigenvalue weighted by atomic mass is 16.5. The molecule has 128 valence electrons. The van der Waals surface area contributed by atoms with E-state index in [1.807, 2.05) is 49.4 Å². The van der Waals surface area contributed by atoms with E-state index < -0.39 is 6.10 Å². The fraction of sp³-hybridized carbons (Fsp3) is 0.381. The second kappa shape index (κ2) is 8.00. The minimum Gasteiger partial charge on any atom is -0.481 e. The smallest absolute Gasteiger partial charge is 0.265 e. The van der Waals surface area contributed by atoms with Gasteiger partial charge in [-0.15, -0.1) is 0 Å². The number of ether oxygens (including phenoxy) is 1. The van der Waals surface area contributed by atoms with E-state index in [0.717, 1.165) is 23.2 Å². The molecule has 3 heteroatoms. The number of anilines is 1. The van der Waals surface area contributed by atoms with Crippen molar-refractivity contribution in [2.75, 3.05) is 5.32 Å². The zero-order valence-electron chi connectivity index (χ0n) is 15.2. The molecule has 0 saturated heterocycles. The number of amides is 1. The third kappa shape index (κ3) is 4.38. The number of hydrogen-bond donors (Lipinski definition) is 1. The number of hydrogen-bond acceptors (Lipinski definition) is 2. The molecule has 0 radical (unpaired) electrons. The molecule has 0 unspecified atom stereocenters. The van der Waals surface area contributed by atoms with Gasteiger partial charge in [0.25, 0.3) is 5.91 Å². The molecule has 0 fully saturated rings. The Kier molecular flexibility index (Phi) is 6.02. The summed E-state index contributed by atoms with van der Waals surface area (Å²) in [5, 5.41) is 3.02. The molecule has 2 rings (SSSR count). The first kappa shape index (κ1) is 18.1. The van der Waals surface area contributed by atoms with Crippen LogP contribution in [0.1, 0.15) is 50.3 Å². The lowest BCUT2D eigenvalue weighted by Crippen LogP contribution is -2.30. The lowest BCUT2D eigenvalue weighted by molar-refractivity contribution is -0.122. The Bertz CT molecular complexity index is 689. The van der Waals surface area contributed by atoms with E-state index in [1.165, 1.54) is 5.56 Å². The normalized spacial score (nSPS) is 12.1. The summed E-state index contributed by atoms with van der Waals surface area (Å²) in [5.41, 5.74) is 4.36. The van der Waals surface area contributed by atoms with E-state index in [1.54, 1.807) is 6.92 Å². The quantitative estimate of drug-likeness (QED) is 0.803. The van der Waals surface area contributed by atoms with E-state index in [0.29, 0.717) is 11.7 Å². The minimum absolute atomic E-state index is 0.132. The van der Waals surface area contributed by atoms with Crippen LogP contribution in [0.4, 0.5) is 5.69 Å². The summed E-state index contributed by atoms with van der Waals surface area (Å²) in [7, 11) is 0. The van der Waals surface area contributed by atoms with Crippen molar-refractivity contribution in [1.82, 2.24) is 0 Å². The van der Waals surface area contributed by atoms with Gasteiger partial charge in [-0.05, 0) is 55.0 Å². The number of carbonyl (C=O) groups is 1. The molecule has 3 nitrogen and oxygen atoms in total. The van der Waals surface area contributed by atoms with Crippen molar-refractivity contribution >= 4 is 11.6 Å². The highest BCUT2D eigenvalue weighted by Crippen LogP contribution is 2.22. The molecule has 2 aromatic rings. The Labute approximate surface area is 145 Å². The molecule has 0 spiro atoms. The van der Waals surface area contributed by atoms with Gasteiger partial charge in [0, 0.05) is 5.69 Å². The fourth-order valence-electron chi connectivity index (χ4n) is 2.62. The lowest BCUT2D eigenvalue weighted by atomic mass is 10.0. The molecule has 1 N–H and O–H groups in total. The Balaban J connectivity index is 2.05. The van der Waals surface area contributed by atoms with Crippen LogP contribution in [0.15, 0.2) is 42.5 Å². The number of nitrogens with one attached hydrogen (secondary N) is 1. The summed E-state index contributed by atoms with van der Waals surface area (Å²) in [6.45, 7) is 10.2. The van der Waals surface area contributed by atoms with E-state index in [4.69, 9.17) is 4.74 Å². The Morgan fingerprint density at radius 3 is 2.33 bits per heavy atom. The number of aryl methyl sites for hydroxylation is 2.